The molecular formula is C21H23F3N4O3. The van der Waals surface area contributed by atoms with Crippen molar-refractivity contribution in [1.82, 2.24) is 9.80 Å². The summed E-state index contributed by atoms with van der Waals surface area (Å²) in [5.41, 5.74) is 6.75. The van der Waals surface area contributed by atoms with Gasteiger partial charge >= 0.3 is 12.1 Å². The maximum atomic E-state index is 13.2. The molecule has 1 aromatic rings. The molecule has 1 aliphatic carbocycles. The second kappa shape index (κ2) is 7.97. The minimum absolute atomic E-state index is 0.0162. The molecule has 3 aliphatic rings. The predicted octanol–water partition coefficient (Wildman–Crippen LogP) is 2.37. The zero-order valence-electron chi connectivity index (χ0n) is 16.8. The van der Waals surface area contributed by atoms with Gasteiger partial charge in [-0.05, 0) is 30.9 Å². The summed E-state index contributed by atoms with van der Waals surface area (Å²) in [5.74, 6) is -3.00. The van der Waals surface area contributed by atoms with Crippen molar-refractivity contribution in [3.8, 4) is 0 Å². The first-order valence-corrected chi connectivity index (χ1v) is 10.4. The molecular weight excluding hydrogens is 413 g/mol. The van der Waals surface area contributed by atoms with Crippen molar-refractivity contribution in [2.75, 3.05) is 6.54 Å². The lowest BCUT2D eigenvalue weighted by Crippen LogP contribution is -2.53. The molecule has 2 atom stereocenters. The highest BCUT2D eigenvalue weighted by Crippen LogP contribution is 2.35. The Labute approximate surface area is 177 Å². The first-order chi connectivity index (χ1) is 14.7. The van der Waals surface area contributed by atoms with Crippen molar-refractivity contribution in [3.05, 3.63) is 34.9 Å². The van der Waals surface area contributed by atoms with Gasteiger partial charge in [-0.25, -0.2) is 0 Å². The molecule has 0 bridgehead atoms. The van der Waals surface area contributed by atoms with E-state index < -0.39 is 17.9 Å². The fourth-order valence-electron chi connectivity index (χ4n) is 4.83. The molecule has 10 heteroatoms. The largest absolute Gasteiger partial charge is 0.473 e. The Hall–Kier alpha value is -2.91. The maximum absolute atomic E-state index is 13.2. The molecule has 31 heavy (non-hydrogen) atoms. The number of nitrogens with zero attached hydrogens (tertiary/aromatic N) is 3. The van der Waals surface area contributed by atoms with E-state index >= 15 is 0 Å². The van der Waals surface area contributed by atoms with Crippen LogP contribution in [0, 0.1) is 0 Å². The molecule has 7 nitrogen and oxygen atoms in total. The van der Waals surface area contributed by atoms with Gasteiger partial charge in [0, 0.05) is 30.6 Å². The number of hydrogen-bond donors (Lipinski definition) is 1. The highest BCUT2D eigenvalue weighted by Gasteiger charge is 2.42. The fraction of sp³-hybridized carbons (Fsp3) is 0.524. The molecule has 3 amide bonds. The number of alkyl halides is 3. The quantitative estimate of drug-likeness (QED) is 0.581. The fourth-order valence-corrected chi connectivity index (χ4v) is 4.83. The SMILES string of the molecule is NC(=NC(=O)C(F)(F)F)c1ccc2c(c1)C(=O)N(C1CCCCC1N1CCCC1=O)C2. The van der Waals surface area contributed by atoms with Gasteiger partial charge in [-0.3, -0.25) is 14.4 Å². The Kier molecular flexibility index (Phi) is 5.49. The minimum atomic E-state index is -5.11. The van der Waals surface area contributed by atoms with Crippen molar-refractivity contribution in [2.45, 2.75) is 63.3 Å². The molecule has 4 rings (SSSR count). The van der Waals surface area contributed by atoms with Crippen LogP contribution in [0.4, 0.5) is 13.2 Å². The van der Waals surface area contributed by atoms with Crippen molar-refractivity contribution in [2.24, 2.45) is 10.7 Å². The number of fused-ring (bicyclic) bond motifs is 1. The summed E-state index contributed by atoms with van der Waals surface area (Å²) in [6.45, 7) is 1.08. The molecule has 0 aromatic heterocycles. The lowest BCUT2D eigenvalue weighted by atomic mass is 9.88. The van der Waals surface area contributed by atoms with Gasteiger partial charge in [-0.1, -0.05) is 25.0 Å². The number of hydrogen-bond acceptors (Lipinski definition) is 3. The van der Waals surface area contributed by atoms with Crippen LogP contribution in [0.1, 0.15) is 60.0 Å². The smallest absolute Gasteiger partial charge is 0.383 e. The molecule has 2 aliphatic heterocycles. The molecule has 166 valence electrons. The number of nitrogens with two attached hydrogens (primary N) is 1. The van der Waals surface area contributed by atoms with E-state index in [1.165, 1.54) is 12.1 Å². The van der Waals surface area contributed by atoms with Crippen LogP contribution in [-0.4, -0.2) is 58.2 Å². The number of amidine groups is 1. The van der Waals surface area contributed by atoms with Crippen molar-refractivity contribution in [1.29, 1.82) is 0 Å². The third-order valence-electron chi connectivity index (χ3n) is 6.31. The number of aliphatic imine (C=N–C) groups is 1. The van der Waals surface area contributed by atoms with Crippen LogP contribution < -0.4 is 5.73 Å². The van der Waals surface area contributed by atoms with Gasteiger partial charge in [-0.15, -0.1) is 0 Å². The summed E-state index contributed by atoms with van der Waals surface area (Å²) < 4.78 is 37.4. The monoisotopic (exact) mass is 436 g/mol. The van der Waals surface area contributed by atoms with Crippen LogP contribution >= 0.6 is 0 Å². The molecule has 0 spiro atoms. The lowest BCUT2D eigenvalue weighted by molar-refractivity contribution is -0.169. The van der Waals surface area contributed by atoms with Crippen LogP contribution in [0.5, 0.6) is 0 Å². The topological polar surface area (TPSA) is 96.1 Å². The normalized spacial score (nSPS) is 24.7. The average Bonchev–Trinajstić information content (AvgIpc) is 3.30. The molecule has 2 N–H and O–H groups in total. The number of halogens is 3. The van der Waals surface area contributed by atoms with Crippen molar-refractivity contribution < 1.29 is 27.6 Å². The highest BCUT2D eigenvalue weighted by molar-refractivity contribution is 6.07. The third-order valence-corrected chi connectivity index (χ3v) is 6.31. The lowest BCUT2D eigenvalue weighted by Gasteiger charge is -2.42. The standard InChI is InChI=1S/C21H23F3N4O3/c22-21(23,24)20(31)26-18(25)12-7-8-13-11-28(19(30)14(13)10-12)16-5-2-1-4-15(16)27-9-3-6-17(27)29/h7-8,10,15-16H,1-6,9,11H2,(H2,25,26,31). The molecule has 2 fully saturated rings. The van der Waals surface area contributed by atoms with Crippen molar-refractivity contribution in [3.63, 3.8) is 0 Å². The first-order valence-electron chi connectivity index (χ1n) is 10.4. The van der Waals surface area contributed by atoms with Gasteiger partial charge in [0.25, 0.3) is 5.91 Å². The van der Waals surface area contributed by atoms with E-state index in [0.717, 1.165) is 37.7 Å². The van der Waals surface area contributed by atoms with Gasteiger partial charge in [0.2, 0.25) is 5.91 Å². The Morgan fingerprint density at radius 3 is 2.35 bits per heavy atom. The summed E-state index contributed by atoms with van der Waals surface area (Å²) in [5, 5.41) is 0. The summed E-state index contributed by atoms with van der Waals surface area (Å²) in [4.78, 5) is 43.2. The second-order valence-electron chi connectivity index (χ2n) is 8.21. The number of rotatable bonds is 3. The number of amides is 3. The van der Waals surface area contributed by atoms with Crippen LogP contribution in [0.25, 0.3) is 0 Å². The predicted molar refractivity (Wildman–Crippen MR) is 105 cm³/mol. The summed E-state index contributed by atoms with van der Waals surface area (Å²) in [6.07, 6.45) is -0.133. The van der Waals surface area contributed by atoms with Gasteiger partial charge in [0.15, 0.2) is 0 Å². The molecule has 2 heterocycles. The summed E-state index contributed by atoms with van der Waals surface area (Å²) >= 11 is 0. The van der Waals surface area contributed by atoms with Crippen molar-refractivity contribution >= 4 is 23.6 Å². The minimum Gasteiger partial charge on any atom is -0.383 e. The number of likely N-dealkylation sites (tertiary alicyclic amines) is 1. The highest BCUT2D eigenvalue weighted by atomic mass is 19.4. The first kappa shape index (κ1) is 21.3. The average molecular weight is 436 g/mol. The zero-order valence-corrected chi connectivity index (χ0v) is 16.8. The van der Waals surface area contributed by atoms with E-state index in [0.29, 0.717) is 25.1 Å². The molecule has 1 saturated heterocycles. The van der Waals surface area contributed by atoms with E-state index in [2.05, 4.69) is 4.99 Å². The Balaban J connectivity index is 1.57. The van der Waals surface area contributed by atoms with Crippen LogP contribution in [0.15, 0.2) is 23.2 Å². The van der Waals surface area contributed by atoms with E-state index in [-0.39, 0.29) is 29.5 Å². The van der Waals surface area contributed by atoms with Gasteiger partial charge in [-0.2, -0.15) is 18.2 Å². The van der Waals surface area contributed by atoms with E-state index in [9.17, 15) is 27.6 Å². The molecule has 1 aromatic carbocycles. The number of benzene rings is 1. The summed E-state index contributed by atoms with van der Waals surface area (Å²) in [7, 11) is 0. The Morgan fingerprint density at radius 1 is 1.06 bits per heavy atom. The molecule has 2 unspecified atom stereocenters. The zero-order chi connectivity index (χ0) is 22.3. The third kappa shape index (κ3) is 4.03. The van der Waals surface area contributed by atoms with Gasteiger partial charge < -0.3 is 15.5 Å². The number of carbonyl (C=O) groups is 3. The van der Waals surface area contributed by atoms with E-state index in [4.69, 9.17) is 5.73 Å². The van der Waals surface area contributed by atoms with E-state index in [1.54, 1.807) is 11.0 Å². The molecule has 1 saturated carbocycles. The second-order valence-corrected chi connectivity index (χ2v) is 8.21. The van der Waals surface area contributed by atoms with Crippen LogP contribution in [0.2, 0.25) is 0 Å². The maximum Gasteiger partial charge on any atom is 0.473 e. The van der Waals surface area contributed by atoms with Crippen LogP contribution in [-0.2, 0) is 16.1 Å². The van der Waals surface area contributed by atoms with Gasteiger partial charge in [0.1, 0.15) is 5.84 Å². The van der Waals surface area contributed by atoms with E-state index in [1.807, 2.05) is 4.90 Å². The molecule has 0 radical (unpaired) electrons. The Morgan fingerprint density at radius 2 is 1.74 bits per heavy atom. The summed E-state index contributed by atoms with van der Waals surface area (Å²) in [6, 6.07) is 4.36. The Bertz CT molecular complexity index is 960. The van der Waals surface area contributed by atoms with Crippen LogP contribution in [0.3, 0.4) is 0 Å². The van der Waals surface area contributed by atoms with Gasteiger partial charge in [0.05, 0.1) is 12.1 Å². The number of carbonyl (C=O) groups excluding carboxylic acids is 3.